The Kier molecular flexibility index (Phi) is 2.73. The van der Waals surface area contributed by atoms with Crippen LogP contribution < -0.4 is 0 Å². The molecule has 0 aliphatic carbocycles. The van der Waals surface area contributed by atoms with Crippen molar-refractivity contribution in [1.29, 1.82) is 0 Å². The molecule has 1 aliphatic rings. The Hall–Kier alpha value is -1.55. The van der Waals surface area contributed by atoms with Gasteiger partial charge in [0.05, 0.1) is 6.54 Å². The van der Waals surface area contributed by atoms with Crippen LogP contribution in [0.3, 0.4) is 0 Å². The van der Waals surface area contributed by atoms with Crippen LogP contribution in [0, 0.1) is 0 Å². The number of nitrogens with zero attached hydrogens (tertiary/aromatic N) is 4. The predicted octanol–water partition coefficient (Wildman–Crippen LogP) is 1.76. The first-order valence-electron chi connectivity index (χ1n) is 6.21. The molecule has 4 nitrogen and oxygen atoms in total. The minimum absolute atomic E-state index is 0.509. The van der Waals surface area contributed by atoms with Crippen molar-refractivity contribution in [3.63, 3.8) is 0 Å². The zero-order valence-electron chi connectivity index (χ0n) is 10.2. The largest absolute Gasteiger partial charge is 0.349 e. The summed E-state index contributed by atoms with van der Waals surface area (Å²) >= 11 is 0. The fourth-order valence-electron chi connectivity index (χ4n) is 2.60. The summed E-state index contributed by atoms with van der Waals surface area (Å²) in [5, 5.41) is 4.24. The highest BCUT2D eigenvalue weighted by atomic mass is 15.3. The maximum Gasteiger partial charge on any atom is 0.0536 e. The summed E-state index contributed by atoms with van der Waals surface area (Å²) in [5.41, 5.74) is 1.43. The Labute approximate surface area is 101 Å². The van der Waals surface area contributed by atoms with E-state index >= 15 is 0 Å². The SMILES string of the molecule is CC1c2cccn2CCN1CCn1cccn1. The van der Waals surface area contributed by atoms with Crippen LogP contribution in [0.1, 0.15) is 18.7 Å². The Bertz CT molecular complexity index is 471. The van der Waals surface area contributed by atoms with Gasteiger partial charge in [-0.2, -0.15) is 5.10 Å². The number of hydrogen-bond acceptors (Lipinski definition) is 2. The Balaban J connectivity index is 1.66. The molecule has 3 heterocycles. The van der Waals surface area contributed by atoms with Crippen LogP contribution in [0.4, 0.5) is 0 Å². The molecule has 4 heteroatoms. The lowest BCUT2D eigenvalue weighted by molar-refractivity contribution is 0.161. The summed E-state index contributed by atoms with van der Waals surface area (Å²) in [6, 6.07) is 6.85. The van der Waals surface area contributed by atoms with Gasteiger partial charge in [-0.3, -0.25) is 9.58 Å². The van der Waals surface area contributed by atoms with E-state index in [0.717, 1.165) is 26.2 Å². The molecule has 1 aliphatic heterocycles. The molecule has 17 heavy (non-hydrogen) atoms. The standard InChI is InChI=1S/C13H18N4/c1-12-13-4-2-6-16(13)9-8-15(12)10-11-17-7-3-5-14-17/h2-7,12H,8-11H2,1H3. The summed E-state index contributed by atoms with van der Waals surface area (Å²) in [4.78, 5) is 2.52. The maximum absolute atomic E-state index is 4.24. The second-order valence-electron chi connectivity index (χ2n) is 4.61. The van der Waals surface area contributed by atoms with Crippen LogP contribution in [-0.2, 0) is 13.1 Å². The van der Waals surface area contributed by atoms with Gasteiger partial charge in [0.2, 0.25) is 0 Å². The third-order valence-electron chi connectivity index (χ3n) is 3.64. The molecule has 0 N–H and O–H groups in total. The van der Waals surface area contributed by atoms with Crippen molar-refractivity contribution in [2.24, 2.45) is 0 Å². The van der Waals surface area contributed by atoms with Crippen molar-refractivity contribution >= 4 is 0 Å². The monoisotopic (exact) mass is 230 g/mol. The van der Waals surface area contributed by atoms with Gasteiger partial charge < -0.3 is 4.57 Å². The topological polar surface area (TPSA) is 26.0 Å². The van der Waals surface area contributed by atoms with Crippen molar-refractivity contribution in [2.75, 3.05) is 13.1 Å². The lowest BCUT2D eigenvalue weighted by atomic mass is 10.1. The molecule has 0 spiro atoms. The predicted molar refractivity (Wildman–Crippen MR) is 66.6 cm³/mol. The number of aromatic nitrogens is 3. The smallest absolute Gasteiger partial charge is 0.0536 e. The van der Waals surface area contributed by atoms with E-state index in [4.69, 9.17) is 0 Å². The molecule has 0 bridgehead atoms. The van der Waals surface area contributed by atoms with E-state index in [1.807, 2.05) is 23.1 Å². The van der Waals surface area contributed by atoms with Crippen LogP contribution in [0.5, 0.6) is 0 Å². The fourth-order valence-corrected chi connectivity index (χ4v) is 2.60. The third-order valence-corrected chi connectivity index (χ3v) is 3.64. The molecule has 0 saturated heterocycles. The quantitative estimate of drug-likeness (QED) is 0.803. The maximum atomic E-state index is 4.24. The van der Waals surface area contributed by atoms with Crippen molar-refractivity contribution in [3.05, 3.63) is 42.5 Å². The van der Waals surface area contributed by atoms with Gasteiger partial charge in [-0.15, -0.1) is 0 Å². The molecular weight excluding hydrogens is 212 g/mol. The van der Waals surface area contributed by atoms with Gasteiger partial charge in [0, 0.05) is 50.0 Å². The molecule has 0 amide bonds. The zero-order chi connectivity index (χ0) is 11.7. The molecule has 1 atom stereocenters. The lowest BCUT2D eigenvalue weighted by Gasteiger charge is -2.34. The van der Waals surface area contributed by atoms with Crippen LogP contribution in [0.2, 0.25) is 0 Å². The van der Waals surface area contributed by atoms with Crippen molar-refractivity contribution in [2.45, 2.75) is 26.1 Å². The minimum Gasteiger partial charge on any atom is -0.349 e. The second-order valence-corrected chi connectivity index (χ2v) is 4.61. The minimum atomic E-state index is 0.509. The van der Waals surface area contributed by atoms with E-state index in [0.29, 0.717) is 6.04 Å². The van der Waals surface area contributed by atoms with Gasteiger partial charge in [0.15, 0.2) is 0 Å². The first-order chi connectivity index (χ1) is 8.34. The molecule has 0 aromatic carbocycles. The van der Waals surface area contributed by atoms with Crippen molar-refractivity contribution in [1.82, 2.24) is 19.2 Å². The van der Waals surface area contributed by atoms with Crippen molar-refractivity contribution < 1.29 is 0 Å². The van der Waals surface area contributed by atoms with Crippen LogP contribution in [0.25, 0.3) is 0 Å². The van der Waals surface area contributed by atoms with Crippen LogP contribution >= 0.6 is 0 Å². The first-order valence-corrected chi connectivity index (χ1v) is 6.21. The summed E-state index contributed by atoms with van der Waals surface area (Å²) in [6.45, 7) is 6.55. The van der Waals surface area contributed by atoms with Crippen LogP contribution in [0.15, 0.2) is 36.8 Å². The average molecular weight is 230 g/mol. The molecule has 2 aromatic heterocycles. The first kappa shape index (κ1) is 10.6. The molecule has 0 saturated carbocycles. The fraction of sp³-hybridized carbons (Fsp3) is 0.462. The normalized spacial score (nSPS) is 20.4. The Morgan fingerprint density at radius 2 is 2.18 bits per heavy atom. The molecule has 0 radical (unpaired) electrons. The van der Waals surface area contributed by atoms with Gasteiger partial charge in [-0.25, -0.2) is 0 Å². The number of rotatable bonds is 3. The molecular formula is C13H18N4. The van der Waals surface area contributed by atoms with Gasteiger partial charge in [0.1, 0.15) is 0 Å². The molecule has 90 valence electrons. The summed E-state index contributed by atoms with van der Waals surface area (Å²) in [7, 11) is 0. The summed E-state index contributed by atoms with van der Waals surface area (Å²) < 4.78 is 4.36. The Morgan fingerprint density at radius 3 is 3.00 bits per heavy atom. The van der Waals surface area contributed by atoms with E-state index in [2.05, 4.69) is 39.8 Å². The summed E-state index contributed by atoms with van der Waals surface area (Å²) in [6.07, 6.45) is 6.04. The highest BCUT2D eigenvalue weighted by Crippen LogP contribution is 2.24. The van der Waals surface area contributed by atoms with E-state index in [-0.39, 0.29) is 0 Å². The average Bonchev–Trinajstić information content (AvgIpc) is 2.99. The Morgan fingerprint density at radius 1 is 1.24 bits per heavy atom. The molecule has 0 fully saturated rings. The third kappa shape index (κ3) is 2.00. The second kappa shape index (κ2) is 4.37. The molecule has 1 unspecified atom stereocenters. The van der Waals surface area contributed by atoms with Crippen LogP contribution in [-0.4, -0.2) is 32.3 Å². The van der Waals surface area contributed by atoms with Gasteiger partial charge in [0.25, 0.3) is 0 Å². The van der Waals surface area contributed by atoms with E-state index < -0.39 is 0 Å². The number of hydrogen-bond donors (Lipinski definition) is 0. The van der Waals surface area contributed by atoms with E-state index in [1.165, 1.54) is 5.69 Å². The van der Waals surface area contributed by atoms with E-state index in [1.54, 1.807) is 0 Å². The molecule has 2 aromatic rings. The lowest BCUT2D eigenvalue weighted by Crippen LogP contribution is -2.38. The molecule has 3 rings (SSSR count). The van der Waals surface area contributed by atoms with Crippen molar-refractivity contribution in [3.8, 4) is 0 Å². The van der Waals surface area contributed by atoms with Gasteiger partial charge in [-0.05, 0) is 25.1 Å². The number of fused-ring (bicyclic) bond motifs is 1. The highest BCUT2D eigenvalue weighted by Gasteiger charge is 2.22. The van der Waals surface area contributed by atoms with E-state index in [9.17, 15) is 0 Å². The van der Waals surface area contributed by atoms with Gasteiger partial charge in [-0.1, -0.05) is 0 Å². The zero-order valence-corrected chi connectivity index (χ0v) is 10.2. The highest BCUT2D eigenvalue weighted by molar-refractivity contribution is 5.13. The van der Waals surface area contributed by atoms with Gasteiger partial charge >= 0.3 is 0 Å². The summed E-state index contributed by atoms with van der Waals surface area (Å²) in [5.74, 6) is 0.